The van der Waals surface area contributed by atoms with Crippen LogP contribution in [0.5, 0.6) is 5.88 Å². The second-order valence-corrected chi connectivity index (χ2v) is 6.29. The van der Waals surface area contributed by atoms with E-state index in [2.05, 4.69) is 33.3 Å². The van der Waals surface area contributed by atoms with Crippen molar-refractivity contribution in [1.82, 2.24) is 14.9 Å². The first-order chi connectivity index (χ1) is 10.3. The molecule has 3 N–H and O–H groups in total. The number of nitrogens with two attached hydrogens (primary N) is 1. The number of ether oxygens (including phenoxy) is 1. The molecule has 1 aliphatic heterocycles. The van der Waals surface area contributed by atoms with E-state index >= 15 is 0 Å². The van der Waals surface area contributed by atoms with Gasteiger partial charge in [-0.05, 0) is 38.4 Å². The van der Waals surface area contributed by atoms with Crippen LogP contribution in [0.2, 0.25) is 0 Å². The van der Waals surface area contributed by atoms with Crippen LogP contribution in [0.15, 0.2) is 6.07 Å². The van der Waals surface area contributed by atoms with E-state index in [4.69, 9.17) is 10.6 Å². The summed E-state index contributed by atoms with van der Waals surface area (Å²) >= 11 is 1.66. The number of hydrazine groups is 1. The summed E-state index contributed by atoms with van der Waals surface area (Å²) < 4.78 is 5.90. The fraction of sp³-hybridized carbons (Fsp3) is 0.571. The standard InChI is InChI=1S/C14H21N5OS/c1-2-10-9-11-12(16-14(18-15)17-13(11)21-10)20-8-7-19-5-3-4-6-19/h9H,2-8,15H2,1H3,(H,16,17,18). The molecule has 114 valence electrons. The van der Waals surface area contributed by atoms with Gasteiger partial charge in [0.15, 0.2) is 0 Å². The number of thiophene rings is 1. The van der Waals surface area contributed by atoms with E-state index in [0.29, 0.717) is 18.4 Å². The van der Waals surface area contributed by atoms with E-state index < -0.39 is 0 Å². The second-order valence-electron chi connectivity index (χ2n) is 5.18. The van der Waals surface area contributed by atoms with Crippen molar-refractivity contribution < 1.29 is 4.74 Å². The van der Waals surface area contributed by atoms with Crippen molar-refractivity contribution in [3.8, 4) is 5.88 Å². The Balaban J connectivity index is 1.76. The lowest BCUT2D eigenvalue weighted by molar-refractivity contribution is 0.234. The number of nitrogen functional groups attached to an aromatic ring is 1. The molecule has 21 heavy (non-hydrogen) atoms. The third-order valence-corrected chi connectivity index (χ3v) is 4.90. The SMILES string of the molecule is CCc1cc2c(OCCN3CCCC3)nc(NN)nc2s1. The number of aromatic nitrogens is 2. The normalized spacial score (nSPS) is 15.7. The Kier molecular flexibility index (Phi) is 4.52. The van der Waals surface area contributed by atoms with Crippen molar-refractivity contribution in [3.63, 3.8) is 0 Å². The zero-order valence-corrected chi connectivity index (χ0v) is 13.1. The van der Waals surface area contributed by atoms with E-state index in [1.807, 2.05) is 0 Å². The molecule has 2 aromatic heterocycles. The molecular formula is C14H21N5OS. The molecule has 0 amide bonds. The van der Waals surface area contributed by atoms with Crippen molar-refractivity contribution in [2.75, 3.05) is 31.7 Å². The van der Waals surface area contributed by atoms with Gasteiger partial charge in [0.05, 0.1) is 5.39 Å². The minimum absolute atomic E-state index is 0.406. The molecule has 0 bridgehead atoms. The topological polar surface area (TPSA) is 76.3 Å². The lowest BCUT2D eigenvalue weighted by Gasteiger charge is -2.15. The van der Waals surface area contributed by atoms with Gasteiger partial charge in [0.25, 0.3) is 0 Å². The molecule has 1 saturated heterocycles. The van der Waals surface area contributed by atoms with Crippen LogP contribution in [-0.4, -0.2) is 41.1 Å². The van der Waals surface area contributed by atoms with E-state index in [-0.39, 0.29) is 0 Å². The number of nitrogens with one attached hydrogen (secondary N) is 1. The maximum Gasteiger partial charge on any atom is 0.241 e. The fourth-order valence-electron chi connectivity index (χ4n) is 2.57. The minimum atomic E-state index is 0.406. The first kappa shape index (κ1) is 14.5. The van der Waals surface area contributed by atoms with Gasteiger partial charge >= 0.3 is 0 Å². The number of rotatable bonds is 6. The molecule has 0 saturated carbocycles. The summed E-state index contributed by atoms with van der Waals surface area (Å²) in [6.45, 7) is 6.08. The largest absolute Gasteiger partial charge is 0.476 e. The van der Waals surface area contributed by atoms with Crippen LogP contribution in [0.3, 0.4) is 0 Å². The van der Waals surface area contributed by atoms with E-state index in [0.717, 1.165) is 23.2 Å². The summed E-state index contributed by atoms with van der Waals surface area (Å²) in [5.74, 6) is 6.48. The lowest BCUT2D eigenvalue weighted by atomic mass is 10.3. The highest BCUT2D eigenvalue weighted by molar-refractivity contribution is 7.18. The molecule has 3 heterocycles. The third kappa shape index (κ3) is 3.25. The van der Waals surface area contributed by atoms with Crippen molar-refractivity contribution in [3.05, 3.63) is 10.9 Å². The second kappa shape index (κ2) is 6.55. The molecule has 1 aliphatic rings. The van der Waals surface area contributed by atoms with Gasteiger partial charge in [-0.1, -0.05) is 6.92 Å². The predicted molar refractivity (Wildman–Crippen MR) is 85.8 cm³/mol. The van der Waals surface area contributed by atoms with Crippen molar-refractivity contribution in [2.24, 2.45) is 5.84 Å². The minimum Gasteiger partial charge on any atom is -0.476 e. The Labute approximate surface area is 128 Å². The molecule has 0 aromatic carbocycles. The average molecular weight is 307 g/mol. The molecule has 2 aromatic rings. The first-order valence-corrected chi connectivity index (χ1v) is 8.24. The van der Waals surface area contributed by atoms with Gasteiger partial charge in [-0.25, -0.2) is 10.8 Å². The Hall–Kier alpha value is -1.44. The molecule has 7 heteroatoms. The monoisotopic (exact) mass is 307 g/mol. The maximum atomic E-state index is 5.90. The van der Waals surface area contributed by atoms with Crippen molar-refractivity contribution in [1.29, 1.82) is 0 Å². The van der Waals surface area contributed by atoms with Crippen LogP contribution in [0.1, 0.15) is 24.6 Å². The van der Waals surface area contributed by atoms with Crippen LogP contribution in [0.4, 0.5) is 5.95 Å². The van der Waals surface area contributed by atoms with Gasteiger partial charge in [-0.15, -0.1) is 11.3 Å². The zero-order valence-electron chi connectivity index (χ0n) is 12.3. The van der Waals surface area contributed by atoms with E-state index in [9.17, 15) is 0 Å². The van der Waals surface area contributed by atoms with Crippen LogP contribution < -0.4 is 16.0 Å². The summed E-state index contributed by atoms with van der Waals surface area (Å²) in [6, 6.07) is 2.12. The summed E-state index contributed by atoms with van der Waals surface area (Å²) in [5.41, 5.74) is 2.51. The molecule has 0 atom stereocenters. The number of hydrogen-bond donors (Lipinski definition) is 2. The molecule has 0 aliphatic carbocycles. The fourth-order valence-corrected chi connectivity index (χ4v) is 3.53. The Morgan fingerprint density at radius 1 is 1.38 bits per heavy atom. The summed E-state index contributed by atoms with van der Waals surface area (Å²) in [4.78, 5) is 13.4. The van der Waals surface area contributed by atoms with Gasteiger partial charge < -0.3 is 4.74 Å². The quantitative estimate of drug-likeness (QED) is 0.628. The highest BCUT2D eigenvalue weighted by Crippen LogP contribution is 2.31. The molecule has 0 unspecified atom stereocenters. The van der Waals surface area contributed by atoms with Crippen molar-refractivity contribution in [2.45, 2.75) is 26.2 Å². The average Bonchev–Trinajstić information content (AvgIpc) is 3.15. The summed E-state index contributed by atoms with van der Waals surface area (Å²) in [5, 5.41) is 0.984. The van der Waals surface area contributed by atoms with Gasteiger partial charge in [0, 0.05) is 11.4 Å². The molecule has 0 spiro atoms. The predicted octanol–water partition coefficient (Wildman–Crippen LogP) is 2.01. The van der Waals surface area contributed by atoms with Crippen LogP contribution in [-0.2, 0) is 6.42 Å². The molecule has 3 rings (SSSR count). The van der Waals surface area contributed by atoms with Crippen LogP contribution in [0, 0.1) is 0 Å². The third-order valence-electron chi connectivity index (χ3n) is 3.73. The number of hydrogen-bond acceptors (Lipinski definition) is 7. The zero-order chi connectivity index (χ0) is 14.7. The molecule has 1 fully saturated rings. The van der Waals surface area contributed by atoms with Crippen LogP contribution in [0.25, 0.3) is 10.2 Å². The number of aryl methyl sites for hydroxylation is 1. The molecule has 6 nitrogen and oxygen atoms in total. The van der Waals surface area contributed by atoms with Gasteiger partial charge in [0.2, 0.25) is 11.8 Å². The number of likely N-dealkylation sites (tertiary alicyclic amines) is 1. The maximum absolute atomic E-state index is 5.90. The van der Waals surface area contributed by atoms with E-state index in [1.54, 1.807) is 11.3 Å². The first-order valence-electron chi connectivity index (χ1n) is 7.42. The smallest absolute Gasteiger partial charge is 0.241 e. The molecular weight excluding hydrogens is 286 g/mol. The summed E-state index contributed by atoms with van der Waals surface area (Å²) in [7, 11) is 0. The van der Waals surface area contributed by atoms with E-state index in [1.165, 1.54) is 30.8 Å². The van der Waals surface area contributed by atoms with Gasteiger partial charge in [-0.3, -0.25) is 10.3 Å². The van der Waals surface area contributed by atoms with Crippen molar-refractivity contribution >= 4 is 27.5 Å². The Morgan fingerprint density at radius 3 is 2.90 bits per heavy atom. The highest BCUT2D eigenvalue weighted by Gasteiger charge is 2.14. The number of anilines is 1. The number of fused-ring (bicyclic) bond motifs is 1. The lowest BCUT2D eigenvalue weighted by Crippen LogP contribution is -2.25. The Morgan fingerprint density at radius 2 is 2.19 bits per heavy atom. The highest BCUT2D eigenvalue weighted by atomic mass is 32.1. The van der Waals surface area contributed by atoms with Crippen LogP contribution >= 0.6 is 11.3 Å². The van der Waals surface area contributed by atoms with Gasteiger partial charge in [0.1, 0.15) is 11.4 Å². The molecule has 0 radical (unpaired) electrons. The summed E-state index contributed by atoms with van der Waals surface area (Å²) in [6.07, 6.45) is 3.58. The van der Waals surface area contributed by atoms with Gasteiger partial charge in [-0.2, -0.15) is 4.98 Å². The Bertz CT molecular complexity index is 609. The number of nitrogens with zero attached hydrogens (tertiary/aromatic N) is 3.